The largest absolute Gasteiger partial charge is 0.476 e. The third-order valence-corrected chi connectivity index (χ3v) is 3.62. The number of carboxylic acid groups (broad SMARTS) is 1. The molecule has 9 heteroatoms. The molecule has 1 aromatic heterocycles. The molecule has 0 atom stereocenters. The van der Waals surface area contributed by atoms with Crippen molar-refractivity contribution in [2.24, 2.45) is 0 Å². The van der Waals surface area contributed by atoms with Crippen molar-refractivity contribution in [3.05, 3.63) is 11.9 Å². The van der Waals surface area contributed by atoms with Gasteiger partial charge in [0.15, 0.2) is 5.69 Å². The molecule has 0 aromatic carbocycles. The number of rotatable bonds is 4. The summed E-state index contributed by atoms with van der Waals surface area (Å²) in [5, 5.41) is 18.6. The van der Waals surface area contributed by atoms with Gasteiger partial charge in [-0.15, -0.1) is 5.10 Å². The van der Waals surface area contributed by atoms with Crippen LogP contribution in [0.3, 0.4) is 0 Å². The average molecular weight is 285 g/mol. The van der Waals surface area contributed by atoms with E-state index in [9.17, 15) is 9.59 Å². The lowest BCUT2D eigenvalue weighted by atomic mass is 10.5. The summed E-state index contributed by atoms with van der Waals surface area (Å²) >= 11 is 1.84. The van der Waals surface area contributed by atoms with Crippen molar-refractivity contribution < 1.29 is 14.7 Å². The highest BCUT2D eigenvalue weighted by Crippen LogP contribution is 2.08. The zero-order valence-corrected chi connectivity index (χ0v) is 11.1. The van der Waals surface area contributed by atoms with E-state index >= 15 is 0 Å². The molecule has 1 aliphatic rings. The summed E-state index contributed by atoms with van der Waals surface area (Å²) in [6.45, 7) is 2.32. The Hall–Kier alpha value is -1.77. The SMILES string of the molecule is O=C(O)c1cn(CCNC(=O)N2CCSCC2)nn1. The van der Waals surface area contributed by atoms with Gasteiger partial charge in [0.05, 0.1) is 12.7 Å². The van der Waals surface area contributed by atoms with Gasteiger partial charge in [-0.2, -0.15) is 11.8 Å². The van der Waals surface area contributed by atoms with Crippen LogP contribution in [0.5, 0.6) is 0 Å². The maximum atomic E-state index is 11.8. The first kappa shape index (κ1) is 13.7. The van der Waals surface area contributed by atoms with Crippen molar-refractivity contribution in [3.63, 3.8) is 0 Å². The number of nitrogens with one attached hydrogen (secondary N) is 1. The minimum Gasteiger partial charge on any atom is -0.476 e. The second-order valence-electron chi connectivity index (χ2n) is 4.00. The fraction of sp³-hybridized carbons (Fsp3) is 0.600. The number of hydrogen-bond acceptors (Lipinski definition) is 5. The van der Waals surface area contributed by atoms with Crippen LogP contribution < -0.4 is 5.32 Å². The van der Waals surface area contributed by atoms with Gasteiger partial charge in [0, 0.05) is 31.1 Å². The van der Waals surface area contributed by atoms with Crippen molar-refractivity contribution >= 4 is 23.8 Å². The molecule has 19 heavy (non-hydrogen) atoms. The second-order valence-corrected chi connectivity index (χ2v) is 5.23. The van der Waals surface area contributed by atoms with Gasteiger partial charge in [-0.05, 0) is 0 Å². The van der Waals surface area contributed by atoms with Gasteiger partial charge in [-0.1, -0.05) is 5.21 Å². The molecule has 1 fully saturated rings. The Balaban J connectivity index is 1.73. The van der Waals surface area contributed by atoms with E-state index in [0.29, 0.717) is 13.1 Å². The zero-order valence-electron chi connectivity index (χ0n) is 10.3. The molecule has 0 bridgehead atoms. The molecule has 1 aliphatic heterocycles. The van der Waals surface area contributed by atoms with Crippen molar-refractivity contribution in [1.82, 2.24) is 25.2 Å². The standard InChI is InChI=1S/C10H15N5O3S/c16-9(17)8-7-15(13-12-8)2-1-11-10(18)14-3-5-19-6-4-14/h7H,1-6H2,(H,11,18)(H,16,17). The predicted molar refractivity (Wildman–Crippen MR) is 69.3 cm³/mol. The molecule has 0 saturated carbocycles. The number of hydrogen-bond donors (Lipinski definition) is 2. The molecule has 1 saturated heterocycles. The molecular formula is C10H15N5O3S. The van der Waals surface area contributed by atoms with Crippen LogP contribution in [0.4, 0.5) is 4.79 Å². The Labute approximate surface area is 114 Å². The van der Waals surface area contributed by atoms with Crippen LogP contribution in [-0.2, 0) is 6.54 Å². The summed E-state index contributed by atoms with van der Waals surface area (Å²) in [5.74, 6) is 0.831. The summed E-state index contributed by atoms with van der Waals surface area (Å²) in [7, 11) is 0. The van der Waals surface area contributed by atoms with Gasteiger partial charge in [-0.3, -0.25) is 0 Å². The number of urea groups is 1. The monoisotopic (exact) mass is 285 g/mol. The first-order chi connectivity index (χ1) is 9.16. The molecule has 0 unspecified atom stereocenters. The Morgan fingerprint density at radius 2 is 2.16 bits per heavy atom. The molecule has 104 valence electrons. The Morgan fingerprint density at radius 3 is 2.79 bits per heavy atom. The quantitative estimate of drug-likeness (QED) is 0.790. The molecule has 2 heterocycles. The summed E-state index contributed by atoms with van der Waals surface area (Å²) in [5.41, 5.74) is -0.0978. The Bertz CT molecular complexity index is 458. The highest BCUT2D eigenvalue weighted by Gasteiger charge is 2.16. The maximum absolute atomic E-state index is 11.8. The number of carbonyl (C=O) groups is 2. The van der Waals surface area contributed by atoms with Gasteiger partial charge in [-0.25, -0.2) is 14.3 Å². The van der Waals surface area contributed by atoms with E-state index in [1.807, 2.05) is 11.8 Å². The first-order valence-electron chi connectivity index (χ1n) is 5.91. The van der Waals surface area contributed by atoms with Crippen LogP contribution >= 0.6 is 11.8 Å². The van der Waals surface area contributed by atoms with Gasteiger partial charge in [0.25, 0.3) is 0 Å². The number of carboxylic acids is 1. The summed E-state index contributed by atoms with van der Waals surface area (Å²) in [6.07, 6.45) is 1.34. The van der Waals surface area contributed by atoms with E-state index in [-0.39, 0.29) is 11.7 Å². The van der Waals surface area contributed by atoms with Crippen LogP contribution in [0.15, 0.2) is 6.20 Å². The molecule has 0 radical (unpaired) electrons. The highest BCUT2D eigenvalue weighted by molar-refractivity contribution is 7.99. The van der Waals surface area contributed by atoms with Gasteiger partial charge < -0.3 is 15.3 Å². The molecule has 1 aromatic rings. The molecule has 0 aliphatic carbocycles. The lowest BCUT2D eigenvalue weighted by Crippen LogP contribution is -2.45. The van der Waals surface area contributed by atoms with Gasteiger partial charge >= 0.3 is 12.0 Å². The van der Waals surface area contributed by atoms with Crippen molar-refractivity contribution in [1.29, 1.82) is 0 Å². The average Bonchev–Trinajstić information content (AvgIpc) is 2.89. The zero-order chi connectivity index (χ0) is 13.7. The van der Waals surface area contributed by atoms with Crippen LogP contribution in [-0.4, -0.2) is 68.1 Å². The van der Waals surface area contributed by atoms with E-state index in [2.05, 4.69) is 15.6 Å². The molecule has 2 N–H and O–H groups in total. The molecule has 2 amide bonds. The molecular weight excluding hydrogens is 270 g/mol. The molecule has 8 nitrogen and oxygen atoms in total. The molecule has 2 rings (SSSR count). The third-order valence-electron chi connectivity index (χ3n) is 2.67. The topological polar surface area (TPSA) is 100 Å². The minimum absolute atomic E-state index is 0.0844. The van der Waals surface area contributed by atoms with Crippen LogP contribution in [0, 0.1) is 0 Å². The van der Waals surface area contributed by atoms with Crippen molar-refractivity contribution in [2.75, 3.05) is 31.1 Å². The van der Waals surface area contributed by atoms with Crippen LogP contribution in [0.2, 0.25) is 0 Å². The number of nitrogens with zero attached hydrogens (tertiary/aromatic N) is 4. The third kappa shape index (κ3) is 3.85. The number of thioether (sulfide) groups is 1. The lowest BCUT2D eigenvalue weighted by Gasteiger charge is -2.26. The number of aromatic nitrogens is 3. The molecule has 0 spiro atoms. The minimum atomic E-state index is -1.11. The predicted octanol–water partition coefficient (Wildman–Crippen LogP) is -0.265. The van der Waals surface area contributed by atoms with Crippen LogP contribution in [0.25, 0.3) is 0 Å². The summed E-state index contributed by atoms with van der Waals surface area (Å²) < 4.78 is 1.40. The van der Waals surface area contributed by atoms with E-state index in [0.717, 1.165) is 24.6 Å². The van der Waals surface area contributed by atoms with Crippen molar-refractivity contribution in [3.8, 4) is 0 Å². The maximum Gasteiger partial charge on any atom is 0.358 e. The smallest absolute Gasteiger partial charge is 0.358 e. The van der Waals surface area contributed by atoms with E-state index in [1.165, 1.54) is 10.9 Å². The lowest BCUT2D eigenvalue weighted by molar-refractivity contribution is 0.0690. The van der Waals surface area contributed by atoms with Gasteiger partial charge in [0.2, 0.25) is 0 Å². The number of carbonyl (C=O) groups excluding carboxylic acids is 1. The number of amides is 2. The van der Waals surface area contributed by atoms with E-state index < -0.39 is 5.97 Å². The van der Waals surface area contributed by atoms with E-state index in [4.69, 9.17) is 5.11 Å². The van der Waals surface area contributed by atoms with Crippen molar-refractivity contribution in [2.45, 2.75) is 6.54 Å². The Kier molecular flexibility index (Phi) is 4.61. The summed E-state index contributed by atoms with van der Waals surface area (Å²) in [6, 6.07) is -0.0844. The normalized spacial score (nSPS) is 15.3. The Morgan fingerprint density at radius 1 is 1.42 bits per heavy atom. The fourth-order valence-corrected chi connectivity index (χ4v) is 2.56. The number of aromatic carboxylic acids is 1. The fourth-order valence-electron chi connectivity index (χ4n) is 1.66. The van der Waals surface area contributed by atoms with Crippen LogP contribution in [0.1, 0.15) is 10.5 Å². The summed E-state index contributed by atoms with van der Waals surface area (Å²) in [4.78, 5) is 24.2. The highest BCUT2D eigenvalue weighted by atomic mass is 32.2. The van der Waals surface area contributed by atoms with Gasteiger partial charge in [0.1, 0.15) is 0 Å². The first-order valence-corrected chi connectivity index (χ1v) is 7.06. The second kappa shape index (κ2) is 6.41. The van der Waals surface area contributed by atoms with E-state index in [1.54, 1.807) is 4.90 Å².